The number of aryl methyl sites for hydroxylation is 2. The van der Waals surface area contributed by atoms with Gasteiger partial charge in [0.2, 0.25) is 0 Å². The topological polar surface area (TPSA) is 36.3 Å². The van der Waals surface area contributed by atoms with Crippen molar-refractivity contribution in [1.29, 1.82) is 0 Å². The van der Waals surface area contributed by atoms with E-state index >= 15 is 0 Å². The van der Waals surface area contributed by atoms with Gasteiger partial charge in [-0.15, -0.1) is 0 Å². The zero-order chi connectivity index (χ0) is 11.1. The van der Waals surface area contributed by atoms with Crippen LogP contribution < -0.4 is 0 Å². The summed E-state index contributed by atoms with van der Waals surface area (Å²) in [6.45, 7) is 7.12. The molecule has 1 aromatic rings. The van der Waals surface area contributed by atoms with Gasteiger partial charge in [0, 0.05) is 26.0 Å². The molecular formula is C11H20N2O2. The van der Waals surface area contributed by atoms with Crippen molar-refractivity contribution in [3.05, 3.63) is 17.5 Å². The SMILES string of the molecule is COCCCOCCn1nc(C)cc1C. The summed E-state index contributed by atoms with van der Waals surface area (Å²) in [7, 11) is 1.70. The number of nitrogens with zero attached hydrogens (tertiary/aromatic N) is 2. The van der Waals surface area contributed by atoms with Crippen LogP contribution in [0.3, 0.4) is 0 Å². The Labute approximate surface area is 91.2 Å². The molecule has 0 saturated carbocycles. The lowest BCUT2D eigenvalue weighted by atomic mass is 10.4. The molecule has 0 saturated heterocycles. The summed E-state index contributed by atoms with van der Waals surface area (Å²) in [4.78, 5) is 0. The first kappa shape index (κ1) is 12.2. The van der Waals surface area contributed by atoms with Gasteiger partial charge in [0.25, 0.3) is 0 Å². The van der Waals surface area contributed by atoms with Crippen LogP contribution in [-0.4, -0.2) is 36.7 Å². The van der Waals surface area contributed by atoms with E-state index in [4.69, 9.17) is 9.47 Å². The molecule has 0 N–H and O–H groups in total. The Morgan fingerprint density at radius 3 is 2.67 bits per heavy atom. The van der Waals surface area contributed by atoms with Gasteiger partial charge in [0.05, 0.1) is 18.8 Å². The lowest BCUT2D eigenvalue weighted by Crippen LogP contribution is -2.10. The van der Waals surface area contributed by atoms with Crippen molar-refractivity contribution in [3.63, 3.8) is 0 Å². The fourth-order valence-electron chi connectivity index (χ4n) is 1.46. The van der Waals surface area contributed by atoms with Gasteiger partial charge in [-0.3, -0.25) is 4.68 Å². The van der Waals surface area contributed by atoms with E-state index in [0.29, 0.717) is 6.61 Å². The fraction of sp³-hybridized carbons (Fsp3) is 0.727. The predicted octanol–water partition coefficient (Wildman–Crippen LogP) is 1.55. The summed E-state index contributed by atoms with van der Waals surface area (Å²) in [5.41, 5.74) is 2.25. The van der Waals surface area contributed by atoms with Gasteiger partial charge in [0.1, 0.15) is 0 Å². The standard InChI is InChI=1S/C11H20N2O2/c1-10-9-11(2)13(12-10)5-8-15-7-4-6-14-3/h9H,4-8H2,1-3H3. The van der Waals surface area contributed by atoms with Crippen LogP contribution in [0.5, 0.6) is 0 Å². The second-order valence-corrected chi connectivity index (χ2v) is 3.61. The maximum atomic E-state index is 5.46. The Balaban J connectivity index is 2.12. The van der Waals surface area contributed by atoms with Crippen LogP contribution in [0.15, 0.2) is 6.07 Å². The van der Waals surface area contributed by atoms with Crippen LogP contribution >= 0.6 is 0 Å². The largest absolute Gasteiger partial charge is 0.385 e. The van der Waals surface area contributed by atoms with Crippen LogP contribution in [-0.2, 0) is 16.0 Å². The molecule has 0 fully saturated rings. The first-order chi connectivity index (χ1) is 7.24. The third-order valence-corrected chi connectivity index (χ3v) is 2.19. The molecule has 0 aliphatic heterocycles. The highest BCUT2D eigenvalue weighted by atomic mass is 16.5. The molecule has 1 rings (SSSR count). The summed E-state index contributed by atoms with van der Waals surface area (Å²) < 4.78 is 12.4. The maximum Gasteiger partial charge on any atom is 0.0662 e. The minimum Gasteiger partial charge on any atom is -0.385 e. The van der Waals surface area contributed by atoms with Crippen molar-refractivity contribution in [2.24, 2.45) is 0 Å². The van der Waals surface area contributed by atoms with Gasteiger partial charge in [-0.25, -0.2) is 0 Å². The molecule has 4 nitrogen and oxygen atoms in total. The molecule has 0 aliphatic carbocycles. The highest BCUT2D eigenvalue weighted by Gasteiger charge is 1.99. The van der Waals surface area contributed by atoms with Crippen molar-refractivity contribution in [3.8, 4) is 0 Å². The molecule has 0 bridgehead atoms. The van der Waals surface area contributed by atoms with Crippen molar-refractivity contribution >= 4 is 0 Å². The Kier molecular flexibility index (Phi) is 5.36. The highest BCUT2D eigenvalue weighted by Crippen LogP contribution is 2.01. The van der Waals surface area contributed by atoms with Gasteiger partial charge in [-0.05, 0) is 26.3 Å². The molecule has 0 radical (unpaired) electrons. The van der Waals surface area contributed by atoms with Crippen molar-refractivity contribution in [2.45, 2.75) is 26.8 Å². The summed E-state index contributed by atoms with van der Waals surface area (Å²) in [6.07, 6.45) is 0.952. The Morgan fingerprint density at radius 1 is 1.27 bits per heavy atom. The summed E-state index contributed by atoms with van der Waals surface area (Å²) in [6, 6.07) is 2.07. The summed E-state index contributed by atoms with van der Waals surface area (Å²) in [5.74, 6) is 0. The Hall–Kier alpha value is -0.870. The second kappa shape index (κ2) is 6.58. The number of methoxy groups -OCH3 is 1. The predicted molar refractivity (Wildman–Crippen MR) is 59.0 cm³/mol. The average Bonchev–Trinajstić information content (AvgIpc) is 2.51. The van der Waals surface area contributed by atoms with E-state index in [0.717, 1.165) is 31.9 Å². The van der Waals surface area contributed by atoms with Gasteiger partial charge >= 0.3 is 0 Å². The normalized spacial score (nSPS) is 10.9. The molecule has 4 heteroatoms. The molecular weight excluding hydrogens is 192 g/mol. The smallest absolute Gasteiger partial charge is 0.0662 e. The molecule has 0 atom stereocenters. The average molecular weight is 212 g/mol. The zero-order valence-corrected chi connectivity index (χ0v) is 9.82. The second-order valence-electron chi connectivity index (χ2n) is 3.61. The molecule has 0 amide bonds. The van der Waals surface area contributed by atoms with Crippen LogP contribution in [0.25, 0.3) is 0 Å². The first-order valence-corrected chi connectivity index (χ1v) is 5.32. The molecule has 1 aromatic heterocycles. The van der Waals surface area contributed by atoms with E-state index in [1.54, 1.807) is 7.11 Å². The Bertz CT molecular complexity index is 284. The van der Waals surface area contributed by atoms with E-state index in [9.17, 15) is 0 Å². The van der Waals surface area contributed by atoms with Crippen LogP contribution in [0, 0.1) is 13.8 Å². The van der Waals surface area contributed by atoms with Gasteiger partial charge in [-0.2, -0.15) is 5.10 Å². The maximum absolute atomic E-state index is 5.46. The van der Waals surface area contributed by atoms with Gasteiger partial charge < -0.3 is 9.47 Å². The zero-order valence-electron chi connectivity index (χ0n) is 9.82. The minimum absolute atomic E-state index is 0.714. The number of ether oxygens (including phenoxy) is 2. The molecule has 0 aromatic carbocycles. The van der Waals surface area contributed by atoms with Crippen molar-refractivity contribution in [1.82, 2.24) is 9.78 Å². The summed E-state index contributed by atoms with van der Waals surface area (Å²) >= 11 is 0. The third-order valence-electron chi connectivity index (χ3n) is 2.19. The molecule has 15 heavy (non-hydrogen) atoms. The Morgan fingerprint density at radius 2 is 2.07 bits per heavy atom. The van der Waals surface area contributed by atoms with Crippen LogP contribution in [0.2, 0.25) is 0 Å². The van der Waals surface area contributed by atoms with Gasteiger partial charge in [-0.1, -0.05) is 0 Å². The molecule has 1 heterocycles. The van der Waals surface area contributed by atoms with E-state index in [2.05, 4.69) is 18.1 Å². The lowest BCUT2D eigenvalue weighted by Gasteiger charge is -2.05. The van der Waals surface area contributed by atoms with E-state index in [-0.39, 0.29) is 0 Å². The molecule has 86 valence electrons. The number of hydrogen-bond acceptors (Lipinski definition) is 3. The monoisotopic (exact) mass is 212 g/mol. The lowest BCUT2D eigenvalue weighted by molar-refractivity contribution is 0.0958. The first-order valence-electron chi connectivity index (χ1n) is 5.32. The minimum atomic E-state index is 0.714. The van der Waals surface area contributed by atoms with E-state index in [1.807, 2.05) is 11.6 Å². The number of rotatable bonds is 7. The summed E-state index contributed by atoms with van der Waals surface area (Å²) in [5, 5.41) is 4.36. The van der Waals surface area contributed by atoms with Gasteiger partial charge in [0.15, 0.2) is 0 Å². The highest BCUT2D eigenvalue weighted by molar-refractivity contribution is 5.06. The third kappa shape index (κ3) is 4.44. The molecule has 0 aliphatic rings. The van der Waals surface area contributed by atoms with E-state index in [1.165, 1.54) is 5.69 Å². The van der Waals surface area contributed by atoms with Crippen molar-refractivity contribution in [2.75, 3.05) is 26.9 Å². The molecule has 0 spiro atoms. The van der Waals surface area contributed by atoms with Crippen molar-refractivity contribution < 1.29 is 9.47 Å². The fourth-order valence-corrected chi connectivity index (χ4v) is 1.46. The van der Waals surface area contributed by atoms with Crippen LogP contribution in [0.4, 0.5) is 0 Å². The quantitative estimate of drug-likeness (QED) is 0.643. The number of hydrogen-bond donors (Lipinski definition) is 0. The molecule has 0 unspecified atom stereocenters. The number of aromatic nitrogens is 2. The van der Waals surface area contributed by atoms with Crippen LogP contribution in [0.1, 0.15) is 17.8 Å². The van der Waals surface area contributed by atoms with E-state index < -0.39 is 0 Å².